The first kappa shape index (κ1) is 72.2. The van der Waals surface area contributed by atoms with Crippen LogP contribution in [-0.2, 0) is 18.4 Å². The molecule has 0 bridgehead atoms. The minimum Gasteiger partial charge on any atom is -0.387 e. The Morgan fingerprint density at radius 2 is 0.800 bits per heavy atom. The van der Waals surface area contributed by atoms with E-state index in [0.29, 0.717) is 17.4 Å². The van der Waals surface area contributed by atoms with Crippen molar-refractivity contribution in [3.05, 3.63) is 109 Å². The number of hydrogen-bond acceptors (Lipinski definition) is 5. The molecule has 0 saturated carbocycles. The second kappa shape index (κ2) is 55.9. The number of carbonyl (C=O) groups is 1. The molecule has 1 amide bonds. The Labute approximate surface area is 463 Å². The van der Waals surface area contributed by atoms with E-state index in [1.54, 1.807) is 6.08 Å². The average molecular weight is 1070 g/mol. The lowest BCUT2D eigenvalue weighted by Gasteiger charge is -2.25. The molecule has 8 nitrogen and oxygen atoms in total. The molecule has 3 atom stereocenters. The number of quaternary nitrogens is 1. The molecule has 9 heteroatoms. The number of aliphatic hydroxyl groups is 1. The molecule has 0 aromatic carbocycles. The highest BCUT2D eigenvalue weighted by molar-refractivity contribution is 7.47. The number of amides is 1. The lowest BCUT2D eigenvalue weighted by Crippen LogP contribution is -2.45. The summed E-state index contributed by atoms with van der Waals surface area (Å²) in [6.07, 6.45) is 82.1. The van der Waals surface area contributed by atoms with Gasteiger partial charge in [0, 0.05) is 6.42 Å². The third kappa shape index (κ3) is 58.7. The van der Waals surface area contributed by atoms with Crippen LogP contribution in [-0.4, -0.2) is 73.4 Å². The molecular weight excluding hydrogens is 948 g/mol. The Bertz CT molecular complexity index is 1590. The predicted molar refractivity (Wildman–Crippen MR) is 327 cm³/mol. The van der Waals surface area contributed by atoms with Crippen LogP contribution < -0.4 is 5.32 Å². The fourth-order valence-corrected chi connectivity index (χ4v) is 9.21. The number of aliphatic hydroxyl groups excluding tert-OH is 1. The molecule has 0 saturated heterocycles. The first-order valence-corrected chi connectivity index (χ1v) is 32.3. The van der Waals surface area contributed by atoms with Crippen molar-refractivity contribution in [1.82, 2.24) is 5.32 Å². The molecule has 75 heavy (non-hydrogen) atoms. The maximum Gasteiger partial charge on any atom is 0.472 e. The third-order valence-corrected chi connectivity index (χ3v) is 14.2. The number of allylic oxidation sites excluding steroid dienone is 17. The largest absolute Gasteiger partial charge is 0.472 e. The Balaban J connectivity index is 3.96. The summed E-state index contributed by atoms with van der Waals surface area (Å²) < 4.78 is 23.7. The maximum absolute atomic E-state index is 13.0. The normalized spacial score (nSPS) is 14.6. The Kier molecular flexibility index (Phi) is 53.8. The summed E-state index contributed by atoms with van der Waals surface area (Å²) in [5.41, 5.74) is 0. The van der Waals surface area contributed by atoms with Gasteiger partial charge in [-0.25, -0.2) is 4.57 Å². The average Bonchev–Trinajstić information content (AvgIpc) is 3.37. The van der Waals surface area contributed by atoms with Crippen molar-refractivity contribution in [2.24, 2.45) is 0 Å². The van der Waals surface area contributed by atoms with Gasteiger partial charge in [-0.1, -0.05) is 271 Å². The smallest absolute Gasteiger partial charge is 0.387 e. The van der Waals surface area contributed by atoms with Gasteiger partial charge in [-0.2, -0.15) is 0 Å². The zero-order valence-electron chi connectivity index (χ0n) is 49.3. The quantitative estimate of drug-likeness (QED) is 0.0243. The van der Waals surface area contributed by atoms with Gasteiger partial charge < -0.3 is 19.8 Å². The molecular formula is C66H118N2O6P+. The SMILES string of the molecule is CC/C=C\C/C=C\C/C=C\C/C=C\C/C=C\C/C=C\C/C=C\C/C=C\CCCCCCCCCCCCCCCCCCC(=O)NC(COP(=O)(O)OCC[N+](C)(C)C)C(O)/C=C/CCCCCCCCCCCC. The van der Waals surface area contributed by atoms with Crippen LogP contribution in [0.3, 0.4) is 0 Å². The molecule has 0 aromatic heterocycles. The summed E-state index contributed by atoms with van der Waals surface area (Å²) in [6.45, 7) is 4.69. The van der Waals surface area contributed by atoms with Gasteiger partial charge in [0.05, 0.1) is 39.9 Å². The van der Waals surface area contributed by atoms with E-state index in [9.17, 15) is 19.4 Å². The molecule has 0 aliphatic carbocycles. The Morgan fingerprint density at radius 3 is 1.17 bits per heavy atom. The van der Waals surface area contributed by atoms with E-state index in [-0.39, 0.29) is 19.1 Å². The highest BCUT2D eigenvalue weighted by Gasteiger charge is 2.27. The summed E-state index contributed by atoms with van der Waals surface area (Å²) in [7, 11) is 1.57. The van der Waals surface area contributed by atoms with E-state index in [2.05, 4.69) is 116 Å². The summed E-state index contributed by atoms with van der Waals surface area (Å²) >= 11 is 0. The number of unbranched alkanes of at least 4 members (excludes halogenated alkanes) is 26. The molecule has 0 fully saturated rings. The fourth-order valence-electron chi connectivity index (χ4n) is 8.47. The Hall–Kier alpha value is -2.84. The lowest BCUT2D eigenvalue weighted by molar-refractivity contribution is -0.870. The zero-order chi connectivity index (χ0) is 54.9. The molecule has 432 valence electrons. The number of carbonyl (C=O) groups excluding carboxylic acids is 1. The van der Waals surface area contributed by atoms with Crippen LogP contribution in [0.4, 0.5) is 0 Å². The molecule has 0 aliphatic heterocycles. The standard InChI is InChI=1S/C66H117N2O6P/c1-6-8-10-12-14-16-18-20-21-22-23-24-25-26-27-28-29-30-31-32-33-34-35-36-37-38-39-40-41-42-43-44-45-46-47-48-50-52-54-56-58-60-66(70)67-64(63-74-75(71,72)73-62-61-68(3,4)5)65(69)59-57-55-53-51-49-19-17-15-13-11-9-7-2/h8,10,14,16,20-21,23-24,26-27,29-30,32-33,35-36,57,59,64-65,69H,6-7,9,11-13,15,17-19,22,25,28,31,34,37-56,58,60-63H2,1-5H3,(H-,67,70,71,72)/p+1/b10-8-,16-14-,21-20-,24-23-,27-26-,30-29-,33-32-,36-35-,59-57+. The monoisotopic (exact) mass is 1070 g/mol. The van der Waals surface area contributed by atoms with Crippen molar-refractivity contribution < 1.29 is 32.9 Å². The van der Waals surface area contributed by atoms with Crippen LogP contribution in [0.1, 0.15) is 251 Å². The molecule has 0 rings (SSSR count). The van der Waals surface area contributed by atoms with Gasteiger partial charge in [-0.05, 0) is 83.5 Å². The van der Waals surface area contributed by atoms with Crippen molar-refractivity contribution >= 4 is 13.7 Å². The van der Waals surface area contributed by atoms with Gasteiger partial charge >= 0.3 is 7.82 Å². The summed E-state index contributed by atoms with van der Waals surface area (Å²) in [6, 6.07) is -0.850. The minimum atomic E-state index is -4.35. The van der Waals surface area contributed by atoms with Crippen molar-refractivity contribution in [3.63, 3.8) is 0 Å². The number of likely N-dealkylation sites (N-methyl/N-ethyl adjacent to an activating group) is 1. The third-order valence-electron chi connectivity index (χ3n) is 13.2. The van der Waals surface area contributed by atoms with Crippen LogP contribution in [0.2, 0.25) is 0 Å². The topological polar surface area (TPSA) is 105 Å². The first-order valence-electron chi connectivity index (χ1n) is 30.8. The predicted octanol–water partition coefficient (Wildman–Crippen LogP) is 19.2. The molecule has 0 aromatic rings. The van der Waals surface area contributed by atoms with Gasteiger partial charge in [0.15, 0.2) is 0 Å². The van der Waals surface area contributed by atoms with Gasteiger partial charge in [0.1, 0.15) is 13.2 Å². The van der Waals surface area contributed by atoms with E-state index in [1.165, 1.54) is 141 Å². The second-order valence-electron chi connectivity index (χ2n) is 21.7. The van der Waals surface area contributed by atoms with Crippen LogP contribution in [0, 0.1) is 0 Å². The van der Waals surface area contributed by atoms with Gasteiger partial charge in [-0.15, -0.1) is 0 Å². The van der Waals surface area contributed by atoms with Crippen molar-refractivity contribution in [2.45, 2.75) is 264 Å². The number of phosphoric ester groups is 1. The van der Waals surface area contributed by atoms with Gasteiger partial charge in [-0.3, -0.25) is 13.8 Å². The number of nitrogens with zero attached hydrogens (tertiary/aromatic N) is 1. The Morgan fingerprint density at radius 1 is 0.467 bits per heavy atom. The van der Waals surface area contributed by atoms with E-state index in [4.69, 9.17) is 9.05 Å². The first-order chi connectivity index (χ1) is 36.5. The molecule has 3 N–H and O–H groups in total. The molecule has 0 spiro atoms. The van der Waals surface area contributed by atoms with E-state index in [1.807, 2.05) is 27.2 Å². The van der Waals surface area contributed by atoms with Crippen LogP contribution in [0.5, 0.6) is 0 Å². The summed E-state index contributed by atoms with van der Waals surface area (Å²) in [5.74, 6) is -0.180. The second-order valence-corrected chi connectivity index (χ2v) is 23.2. The summed E-state index contributed by atoms with van der Waals surface area (Å²) in [5, 5.41) is 13.9. The summed E-state index contributed by atoms with van der Waals surface area (Å²) in [4.78, 5) is 23.3. The number of rotatable bonds is 55. The van der Waals surface area contributed by atoms with E-state index < -0.39 is 20.0 Å². The number of phosphoric acid groups is 1. The van der Waals surface area contributed by atoms with Crippen molar-refractivity contribution in [2.75, 3.05) is 40.9 Å². The zero-order valence-corrected chi connectivity index (χ0v) is 50.1. The van der Waals surface area contributed by atoms with E-state index >= 15 is 0 Å². The van der Waals surface area contributed by atoms with Crippen molar-refractivity contribution in [1.29, 1.82) is 0 Å². The van der Waals surface area contributed by atoms with Crippen LogP contribution in [0.25, 0.3) is 0 Å². The molecule has 3 unspecified atom stereocenters. The van der Waals surface area contributed by atoms with Crippen LogP contribution >= 0.6 is 7.82 Å². The van der Waals surface area contributed by atoms with Crippen LogP contribution in [0.15, 0.2) is 109 Å². The highest BCUT2D eigenvalue weighted by Crippen LogP contribution is 2.43. The molecule has 0 aliphatic rings. The minimum absolute atomic E-state index is 0.0588. The van der Waals surface area contributed by atoms with Crippen molar-refractivity contribution in [3.8, 4) is 0 Å². The van der Waals surface area contributed by atoms with Gasteiger partial charge in [0.2, 0.25) is 5.91 Å². The fraction of sp³-hybridized carbons (Fsp3) is 0.712. The number of nitrogens with one attached hydrogen (secondary N) is 1. The lowest BCUT2D eigenvalue weighted by atomic mass is 10.0. The maximum atomic E-state index is 13.0. The number of hydrogen-bond donors (Lipinski definition) is 3. The van der Waals surface area contributed by atoms with Gasteiger partial charge in [0.25, 0.3) is 0 Å². The molecule has 0 radical (unpaired) electrons. The molecule has 0 heterocycles. The highest BCUT2D eigenvalue weighted by atomic mass is 31.2. The van der Waals surface area contributed by atoms with E-state index in [0.717, 1.165) is 89.9 Å².